The highest BCUT2D eigenvalue weighted by Crippen LogP contribution is 2.29. The summed E-state index contributed by atoms with van der Waals surface area (Å²) in [6, 6.07) is 17.9. The first kappa shape index (κ1) is 12.9. The molecule has 1 atom stereocenters. The van der Waals surface area contributed by atoms with Crippen LogP contribution in [0.25, 0.3) is 0 Å². The Morgan fingerprint density at radius 3 is 2.89 bits per heavy atom. The number of halogens is 1. The van der Waals surface area contributed by atoms with Gasteiger partial charge in [0, 0.05) is 17.1 Å². The maximum Gasteiger partial charge on any atom is 0.0326 e. The highest BCUT2D eigenvalue weighted by molar-refractivity contribution is 9.10. The van der Waals surface area contributed by atoms with Gasteiger partial charge in [0.2, 0.25) is 0 Å². The average Bonchev–Trinajstić information content (AvgIpc) is 2.45. The number of nitrogens with one attached hydrogen (secondary N) is 1. The van der Waals surface area contributed by atoms with E-state index in [1.54, 1.807) is 0 Å². The molecule has 0 heterocycles. The second-order valence-electron chi connectivity index (χ2n) is 5.15. The van der Waals surface area contributed by atoms with E-state index in [1.807, 2.05) is 0 Å². The molecule has 2 aromatic rings. The second kappa shape index (κ2) is 5.89. The van der Waals surface area contributed by atoms with Gasteiger partial charge in [0.1, 0.15) is 0 Å². The first-order chi connectivity index (χ1) is 9.33. The molecule has 3 rings (SSSR count). The van der Waals surface area contributed by atoms with Crippen molar-refractivity contribution >= 4 is 15.9 Å². The van der Waals surface area contributed by atoms with Crippen LogP contribution in [0.2, 0.25) is 0 Å². The van der Waals surface area contributed by atoms with Gasteiger partial charge in [0.25, 0.3) is 0 Å². The van der Waals surface area contributed by atoms with Crippen LogP contribution in [-0.2, 0) is 13.0 Å². The molecule has 2 aromatic carbocycles. The Morgan fingerprint density at radius 2 is 2.00 bits per heavy atom. The van der Waals surface area contributed by atoms with Crippen LogP contribution in [-0.4, -0.2) is 0 Å². The van der Waals surface area contributed by atoms with Gasteiger partial charge in [-0.2, -0.15) is 0 Å². The molecule has 0 spiro atoms. The molecular weight excluding hydrogens is 298 g/mol. The van der Waals surface area contributed by atoms with Crippen LogP contribution < -0.4 is 5.32 Å². The molecule has 0 amide bonds. The summed E-state index contributed by atoms with van der Waals surface area (Å²) in [5.41, 5.74) is 4.33. The molecule has 19 heavy (non-hydrogen) atoms. The lowest BCUT2D eigenvalue weighted by atomic mass is 9.87. The van der Waals surface area contributed by atoms with E-state index in [0.29, 0.717) is 6.04 Å². The lowest BCUT2D eigenvalue weighted by Crippen LogP contribution is -2.24. The van der Waals surface area contributed by atoms with Gasteiger partial charge in [-0.1, -0.05) is 52.3 Å². The van der Waals surface area contributed by atoms with Crippen LogP contribution in [0.5, 0.6) is 0 Å². The third-order valence-corrected chi connectivity index (χ3v) is 4.30. The Hall–Kier alpha value is -1.12. The Kier molecular flexibility index (Phi) is 4.00. The minimum Gasteiger partial charge on any atom is -0.306 e. The smallest absolute Gasteiger partial charge is 0.0326 e. The van der Waals surface area contributed by atoms with Crippen LogP contribution >= 0.6 is 15.9 Å². The van der Waals surface area contributed by atoms with Crippen molar-refractivity contribution in [3.05, 3.63) is 69.7 Å². The zero-order valence-corrected chi connectivity index (χ0v) is 12.5. The van der Waals surface area contributed by atoms with E-state index < -0.39 is 0 Å². The topological polar surface area (TPSA) is 12.0 Å². The molecule has 0 aliphatic heterocycles. The first-order valence-corrected chi connectivity index (χ1v) is 7.68. The predicted octanol–water partition coefficient (Wildman–Crippen LogP) is 4.62. The highest BCUT2D eigenvalue weighted by atomic mass is 79.9. The fraction of sp³-hybridized carbons (Fsp3) is 0.294. The maximum atomic E-state index is 3.70. The van der Waals surface area contributed by atoms with Gasteiger partial charge in [-0.25, -0.2) is 0 Å². The lowest BCUT2D eigenvalue weighted by molar-refractivity contribution is 0.459. The van der Waals surface area contributed by atoms with Gasteiger partial charge in [-0.3, -0.25) is 0 Å². The van der Waals surface area contributed by atoms with E-state index in [1.165, 1.54) is 36.0 Å². The standard InChI is InChI=1S/C17H18BrN/c18-15-8-3-5-13(11-15)12-19-17-10-4-7-14-6-1-2-9-16(14)17/h1-3,5-6,8-9,11,17,19H,4,7,10,12H2/t17-/m0/s1. The summed E-state index contributed by atoms with van der Waals surface area (Å²) in [7, 11) is 0. The lowest BCUT2D eigenvalue weighted by Gasteiger charge is -2.26. The quantitative estimate of drug-likeness (QED) is 0.871. The Bertz CT molecular complexity index is 565. The van der Waals surface area contributed by atoms with Crippen molar-refractivity contribution in [3.63, 3.8) is 0 Å². The Balaban J connectivity index is 1.71. The van der Waals surface area contributed by atoms with Gasteiger partial charge < -0.3 is 5.32 Å². The Labute approximate surface area is 123 Å². The normalized spacial score (nSPS) is 18.1. The summed E-state index contributed by atoms with van der Waals surface area (Å²) in [6.45, 7) is 0.929. The zero-order chi connectivity index (χ0) is 13.1. The van der Waals surface area contributed by atoms with Crippen LogP contribution in [0.1, 0.15) is 35.6 Å². The first-order valence-electron chi connectivity index (χ1n) is 6.88. The average molecular weight is 316 g/mol. The molecule has 2 heteroatoms. The van der Waals surface area contributed by atoms with E-state index in [-0.39, 0.29) is 0 Å². The third-order valence-electron chi connectivity index (χ3n) is 3.81. The van der Waals surface area contributed by atoms with E-state index in [2.05, 4.69) is 69.8 Å². The van der Waals surface area contributed by atoms with Crippen molar-refractivity contribution in [2.24, 2.45) is 0 Å². The SMILES string of the molecule is Brc1cccc(CN[C@H]2CCCc3ccccc32)c1. The van der Waals surface area contributed by atoms with E-state index in [0.717, 1.165) is 11.0 Å². The molecule has 0 fully saturated rings. The van der Waals surface area contributed by atoms with Crippen molar-refractivity contribution in [2.75, 3.05) is 0 Å². The van der Waals surface area contributed by atoms with Crippen molar-refractivity contribution in [1.82, 2.24) is 5.32 Å². The molecule has 98 valence electrons. The largest absolute Gasteiger partial charge is 0.306 e. The summed E-state index contributed by atoms with van der Waals surface area (Å²) in [4.78, 5) is 0. The van der Waals surface area contributed by atoms with E-state index in [9.17, 15) is 0 Å². The van der Waals surface area contributed by atoms with Gasteiger partial charge in [0.05, 0.1) is 0 Å². The van der Waals surface area contributed by atoms with E-state index >= 15 is 0 Å². The number of benzene rings is 2. The molecule has 0 bridgehead atoms. The molecule has 0 radical (unpaired) electrons. The fourth-order valence-corrected chi connectivity index (χ4v) is 3.30. The number of rotatable bonds is 3. The molecule has 1 aliphatic carbocycles. The Morgan fingerprint density at radius 1 is 1.11 bits per heavy atom. The molecule has 0 aromatic heterocycles. The molecule has 1 nitrogen and oxygen atoms in total. The van der Waals surface area contributed by atoms with Crippen molar-refractivity contribution in [1.29, 1.82) is 0 Å². The molecule has 0 unspecified atom stereocenters. The minimum absolute atomic E-state index is 0.504. The summed E-state index contributed by atoms with van der Waals surface area (Å²) in [5.74, 6) is 0. The van der Waals surface area contributed by atoms with Crippen molar-refractivity contribution < 1.29 is 0 Å². The van der Waals surface area contributed by atoms with Crippen LogP contribution in [0.3, 0.4) is 0 Å². The monoisotopic (exact) mass is 315 g/mol. The van der Waals surface area contributed by atoms with Crippen molar-refractivity contribution in [3.8, 4) is 0 Å². The van der Waals surface area contributed by atoms with Crippen LogP contribution in [0, 0.1) is 0 Å². The third kappa shape index (κ3) is 3.07. The minimum atomic E-state index is 0.504. The number of hydrogen-bond donors (Lipinski definition) is 1. The van der Waals surface area contributed by atoms with Gasteiger partial charge in [-0.15, -0.1) is 0 Å². The summed E-state index contributed by atoms with van der Waals surface area (Å²) in [6.07, 6.45) is 3.75. The van der Waals surface area contributed by atoms with Crippen LogP contribution in [0.4, 0.5) is 0 Å². The molecule has 0 saturated heterocycles. The van der Waals surface area contributed by atoms with Gasteiger partial charge in [0.15, 0.2) is 0 Å². The maximum absolute atomic E-state index is 3.70. The summed E-state index contributed by atoms with van der Waals surface area (Å²) < 4.78 is 1.15. The van der Waals surface area contributed by atoms with Crippen LogP contribution in [0.15, 0.2) is 53.0 Å². The zero-order valence-electron chi connectivity index (χ0n) is 10.9. The predicted molar refractivity (Wildman–Crippen MR) is 83.1 cm³/mol. The number of fused-ring (bicyclic) bond motifs is 1. The van der Waals surface area contributed by atoms with Gasteiger partial charge >= 0.3 is 0 Å². The molecule has 0 saturated carbocycles. The van der Waals surface area contributed by atoms with E-state index in [4.69, 9.17) is 0 Å². The van der Waals surface area contributed by atoms with Gasteiger partial charge in [-0.05, 0) is 48.1 Å². The van der Waals surface area contributed by atoms with Crippen molar-refractivity contribution in [2.45, 2.75) is 31.8 Å². The summed E-state index contributed by atoms with van der Waals surface area (Å²) in [5, 5.41) is 3.70. The number of aryl methyl sites for hydroxylation is 1. The fourth-order valence-electron chi connectivity index (χ4n) is 2.85. The molecule has 1 aliphatic rings. The second-order valence-corrected chi connectivity index (χ2v) is 6.07. The molecular formula is C17H18BrN. The number of hydrogen-bond acceptors (Lipinski definition) is 1. The molecule has 1 N–H and O–H groups in total. The summed E-state index contributed by atoms with van der Waals surface area (Å²) >= 11 is 3.53. The highest BCUT2D eigenvalue weighted by Gasteiger charge is 2.18.